The zero-order valence-corrected chi connectivity index (χ0v) is 10.8. The van der Waals surface area contributed by atoms with E-state index in [-0.39, 0.29) is 0 Å². The minimum Gasteiger partial charge on any atom is -0.531 e. The molecule has 5 heteroatoms. The van der Waals surface area contributed by atoms with Crippen molar-refractivity contribution in [2.24, 2.45) is 11.8 Å². The van der Waals surface area contributed by atoms with Gasteiger partial charge in [-0.25, -0.2) is 4.98 Å². The van der Waals surface area contributed by atoms with Crippen LogP contribution in [0.5, 0.6) is 5.75 Å². The highest BCUT2D eigenvalue weighted by Crippen LogP contribution is 2.47. The summed E-state index contributed by atoms with van der Waals surface area (Å²) >= 11 is 0. The first kappa shape index (κ1) is 11.1. The molecule has 2 aliphatic rings. The van der Waals surface area contributed by atoms with Crippen LogP contribution in [0.15, 0.2) is 24.4 Å². The summed E-state index contributed by atoms with van der Waals surface area (Å²) in [5.74, 6) is 3.85. The van der Waals surface area contributed by atoms with Crippen molar-refractivity contribution in [1.82, 2.24) is 9.97 Å². The van der Waals surface area contributed by atoms with Gasteiger partial charge in [-0.1, -0.05) is 6.92 Å². The SMILES string of the molecule is CC1CC(C2=CB(O)Oc3cnc4[nH]ccc4c32)C1. The topological polar surface area (TPSA) is 58.1 Å². The molecule has 1 aliphatic heterocycles. The lowest BCUT2D eigenvalue weighted by molar-refractivity contribution is 0.271. The second-order valence-corrected chi connectivity index (χ2v) is 5.64. The molecule has 2 aromatic heterocycles. The third-order valence-corrected chi connectivity index (χ3v) is 4.22. The molecule has 0 saturated heterocycles. The largest absolute Gasteiger partial charge is 0.552 e. The third kappa shape index (κ3) is 1.61. The molecule has 0 atom stereocenters. The standard InChI is InChI=1S/C14H15BN2O2/c1-8-4-9(5-8)11-6-15(18)19-12-7-17-14-10(13(11)12)2-3-16-14/h2-3,6-9,18H,4-5H2,1H3,(H,16,17). The Bertz CT molecular complexity index is 673. The zero-order valence-electron chi connectivity index (χ0n) is 10.8. The van der Waals surface area contributed by atoms with E-state index in [1.54, 1.807) is 6.20 Å². The first-order valence-electron chi connectivity index (χ1n) is 6.75. The molecule has 1 saturated carbocycles. The fraction of sp³-hybridized carbons (Fsp3) is 0.357. The third-order valence-electron chi connectivity index (χ3n) is 4.22. The number of H-pyrrole nitrogens is 1. The molecule has 0 amide bonds. The van der Waals surface area contributed by atoms with Crippen LogP contribution in [0, 0.1) is 11.8 Å². The van der Waals surface area contributed by atoms with Crippen LogP contribution in [0.3, 0.4) is 0 Å². The molecule has 1 aliphatic carbocycles. The van der Waals surface area contributed by atoms with Gasteiger partial charge in [-0.3, -0.25) is 0 Å². The van der Waals surface area contributed by atoms with Gasteiger partial charge in [0.1, 0.15) is 11.4 Å². The number of nitrogens with one attached hydrogen (secondary N) is 1. The Balaban J connectivity index is 1.89. The van der Waals surface area contributed by atoms with Crippen LogP contribution in [-0.2, 0) is 0 Å². The second-order valence-electron chi connectivity index (χ2n) is 5.64. The number of aromatic amines is 1. The van der Waals surface area contributed by atoms with Crippen LogP contribution in [-0.4, -0.2) is 22.1 Å². The van der Waals surface area contributed by atoms with Gasteiger partial charge < -0.3 is 14.7 Å². The van der Waals surface area contributed by atoms with E-state index in [1.807, 2.05) is 18.2 Å². The highest BCUT2D eigenvalue weighted by atomic mass is 16.5. The molecule has 19 heavy (non-hydrogen) atoms. The Labute approximate surface area is 111 Å². The van der Waals surface area contributed by atoms with E-state index in [0.29, 0.717) is 11.7 Å². The Morgan fingerprint density at radius 3 is 3.11 bits per heavy atom. The van der Waals surface area contributed by atoms with Gasteiger partial charge >= 0.3 is 7.12 Å². The molecule has 2 N–H and O–H groups in total. The summed E-state index contributed by atoms with van der Waals surface area (Å²) < 4.78 is 5.49. The molecule has 4 rings (SSSR count). The van der Waals surface area contributed by atoms with Crippen LogP contribution in [0.1, 0.15) is 25.3 Å². The van der Waals surface area contributed by atoms with Gasteiger partial charge in [0.05, 0.1) is 6.20 Å². The fourth-order valence-corrected chi connectivity index (χ4v) is 3.27. The summed E-state index contributed by atoms with van der Waals surface area (Å²) in [5.41, 5.74) is 3.20. The fourth-order valence-electron chi connectivity index (χ4n) is 3.27. The average molecular weight is 254 g/mol. The zero-order chi connectivity index (χ0) is 13.0. The molecular formula is C14H15BN2O2. The molecule has 0 spiro atoms. The number of aromatic nitrogens is 2. The van der Waals surface area contributed by atoms with Crippen molar-refractivity contribution >= 4 is 23.7 Å². The molecule has 0 unspecified atom stereocenters. The lowest BCUT2D eigenvalue weighted by atomic mass is 9.66. The number of nitrogens with zero attached hydrogens (tertiary/aromatic N) is 1. The van der Waals surface area contributed by atoms with Crippen LogP contribution < -0.4 is 4.65 Å². The second kappa shape index (κ2) is 3.87. The maximum atomic E-state index is 9.85. The highest BCUT2D eigenvalue weighted by molar-refractivity contribution is 6.52. The van der Waals surface area contributed by atoms with E-state index >= 15 is 0 Å². The van der Waals surface area contributed by atoms with Crippen molar-refractivity contribution in [2.45, 2.75) is 19.8 Å². The number of rotatable bonds is 1. The molecule has 4 nitrogen and oxygen atoms in total. The van der Waals surface area contributed by atoms with E-state index in [1.165, 1.54) is 18.4 Å². The predicted octanol–water partition coefficient (Wildman–Crippen LogP) is 2.40. The van der Waals surface area contributed by atoms with E-state index in [0.717, 1.165) is 22.5 Å². The quantitative estimate of drug-likeness (QED) is 0.768. The maximum absolute atomic E-state index is 9.85. The smallest absolute Gasteiger partial charge is 0.531 e. The molecule has 0 radical (unpaired) electrons. The van der Waals surface area contributed by atoms with Gasteiger partial charge in [-0.15, -0.1) is 0 Å². The van der Waals surface area contributed by atoms with E-state index in [4.69, 9.17) is 4.65 Å². The summed E-state index contributed by atoms with van der Waals surface area (Å²) in [5, 5.41) is 10.9. The molecule has 2 aromatic rings. The Morgan fingerprint density at radius 1 is 1.47 bits per heavy atom. The van der Waals surface area contributed by atoms with Crippen LogP contribution in [0.4, 0.5) is 0 Å². The van der Waals surface area contributed by atoms with Gasteiger partial charge in [0.15, 0.2) is 0 Å². The summed E-state index contributed by atoms with van der Waals surface area (Å²) in [4.78, 5) is 7.45. The lowest BCUT2D eigenvalue weighted by Gasteiger charge is -2.37. The Morgan fingerprint density at radius 2 is 2.32 bits per heavy atom. The first-order chi connectivity index (χ1) is 9.22. The summed E-state index contributed by atoms with van der Waals surface area (Å²) in [6, 6.07) is 2.03. The van der Waals surface area contributed by atoms with Crippen molar-refractivity contribution in [3.05, 3.63) is 30.0 Å². The maximum Gasteiger partial charge on any atom is 0.552 e. The summed E-state index contributed by atoms with van der Waals surface area (Å²) in [7, 11) is -0.850. The van der Waals surface area contributed by atoms with Gasteiger partial charge in [0.2, 0.25) is 0 Å². The van der Waals surface area contributed by atoms with E-state index < -0.39 is 7.12 Å². The normalized spacial score (nSPS) is 25.6. The van der Waals surface area contributed by atoms with Gasteiger partial charge in [-0.05, 0) is 42.3 Å². The Kier molecular flexibility index (Phi) is 2.26. The van der Waals surface area contributed by atoms with E-state index in [9.17, 15) is 5.02 Å². The molecular weight excluding hydrogens is 239 g/mol. The van der Waals surface area contributed by atoms with E-state index in [2.05, 4.69) is 16.9 Å². The van der Waals surface area contributed by atoms with Crippen molar-refractivity contribution in [1.29, 1.82) is 0 Å². The van der Waals surface area contributed by atoms with Crippen LogP contribution in [0.25, 0.3) is 16.6 Å². The minimum atomic E-state index is -0.850. The number of allylic oxidation sites excluding steroid dienone is 1. The predicted molar refractivity (Wildman–Crippen MR) is 74.6 cm³/mol. The molecule has 3 heterocycles. The van der Waals surface area contributed by atoms with Crippen LogP contribution in [0.2, 0.25) is 0 Å². The van der Waals surface area contributed by atoms with Crippen molar-refractivity contribution in [2.75, 3.05) is 0 Å². The molecule has 96 valence electrons. The minimum absolute atomic E-state index is 0.535. The average Bonchev–Trinajstić information content (AvgIpc) is 2.82. The van der Waals surface area contributed by atoms with Gasteiger partial charge in [0, 0.05) is 17.1 Å². The van der Waals surface area contributed by atoms with Gasteiger partial charge in [-0.2, -0.15) is 0 Å². The number of fused-ring (bicyclic) bond motifs is 3. The summed E-state index contributed by atoms with van der Waals surface area (Å²) in [6.07, 6.45) is 5.97. The van der Waals surface area contributed by atoms with Gasteiger partial charge in [0.25, 0.3) is 0 Å². The lowest BCUT2D eigenvalue weighted by Crippen LogP contribution is -2.29. The monoisotopic (exact) mass is 254 g/mol. The first-order valence-corrected chi connectivity index (χ1v) is 6.75. The summed E-state index contributed by atoms with van der Waals surface area (Å²) in [6.45, 7) is 2.27. The molecule has 1 fully saturated rings. The number of hydrogen-bond acceptors (Lipinski definition) is 3. The number of pyridine rings is 1. The highest BCUT2D eigenvalue weighted by Gasteiger charge is 2.35. The van der Waals surface area contributed by atoms with Crippen LogP contribution >= 0.6 is 0 Å². The van der Waals surface area contributed by atoms with Crippen molar-refractivity contribution in [3.8, 4) is 5.75 Å². The van der Waals surface area contributed by atoms with Crippen molar-refractivity contribution in [3.63, 3.8) is 0 Å². The van der Waals surface area contributed by atoms with Crippen molar-refractivity contribution < 1.29 is 9.68 Å². The molecule has 0 bridgehead atoms. The number of hydrogen-bond donors (Lipinski definition) is 2. The molecule has 0 aromatic carbocycles. The Hall–Kier alpha value is -1.75.